The minimum absolute atomic E-state index is 0.0158. The third kappa shape index (κ3) is 12.8. The van der Waals surface area contributed by atoms with Crippen LogP contribution in [0.3, 0.4) is 0 Å². The van der Waals surface area contributed by atoms with Crippen molar-refractivity contribution in [2.75, 3.05) is 39.5 Å². The number of rotatable bonds is 27. The molecule has 0 unspecified atom stereocenters. The van der Waals surface area contributed by atoms with Crippen molar-refractivity contribution in [3.8, 4) is 0 Å². The Bertz CT molecular complexity index is 1950. The normalized spacial score (nSPS) is 18.1. The average molecular weight is 1040 g/mol. The van der Waals surface area contributed by atoms with Crippen LogP contribution in [0.5, 0.6) is 0 Å². The molecule has 0 spiro atoms. The van der Waals surface area contributed by atoms with Gasteiger partial charge in [0.2, 0.25) is 10.0 Å². The van der Waals surface area contributed by atoms with Crippen LogP contribution in [0.1, 0.15) is 58.9 Å². The number of benzene rings is 1. The molecule has 1 aromatic carbocycles. The van der Waals surface area contributed by atoms with E-state index in [1.807, 2.05) is 39.8 Å². The summed E-state index contributed by atoms with van der Waals surface area (Å²) in [5.41, 5.74) is 0.0460. The molecule has 386 valence electrons. The molecular weight excluding hydrogens is 986 g/mol. The third-order valence-electron chi connectivity index (χ3n) is 10.5. The van der Waals surface area contributed by atoms with Crippen molar-refractivity contribution in [3.63, 3.8) is 0 Å². The molecule has 67 heavy (non-hydrogen) atoms. The largest absolute Gasteiger partial charge is 0.460 e. The summed E-state index contributed by atoms with van der Waals surface area (Å²) in [6.07, 6.45) is -0.332. The van der Waals surface area contributed by atoms with Crippen molar-refractivity contribution in [2.45, 2.75) is 136 Å². The molecule has 0 saturated heterocycles. The highest BCUT2D eigenvalue weighted by atomic mass is 32.2. The first-order valence-electron chi connectivity index (χ1n) is 20.3. The fourth-order valence-electron chi connectivity index (χ4n) is 6.57. The molecule has 0 heterocycles. The predicted molar refractivity (Wildman–Crippen MR) is 214 cm³/mol. The predicted octanol–water partition coefficient (Wildman–Crippen LogP) is 12.5. The van der Waals surface area contributed by atoms with Gasteiger partial charge in [-0.25, -0.2) is 8.42 Å². The van der Waals surface area contributed by atoms with Gasteiger partial charge in [0.05, 0.1) is 43.5 Å². The van der Waals surface area contributed by atoms with Gasteiger partial charge in [0, 0.05) is 19.5 Å². The Morgan fingerprint density at radius 3 is 1.72 bits per heavy atom. The van der Waals surface area contributed by atoms with Crippen molar-refractivity contribution in [3.05, 3.63) is 78.9 Å². The Labute approximate surface area is 378 Å². The van der Waals surface area contributed by atoms with Gasteiger partial charge in [-0.1, -0.05) is 82.4 Å². The Kier molecular flexibility index (Phi) is 20.1. The number of nitrogens with zero attached hydrogens (tertiary/aromatic N) is 1. The molecule has 0 N–H and O–H groups in total. The fourth-order valence-corrected chi connectivity index (χ4v) is 11.7. The summed E-state index contributed by atoms with van der Waals surface area (Å²) in [4.78, 5) is -0.752. The maximum Gasteiger partial charge on any atom is 0.460 e. The molecule has 2 rings (SSSR count). The summed E-state index contributed by atoms with van der Waals surface area (Å²) < 4.78 is 287. The molecule has 7 nitrogen and oxygen atoms in total. The molecule has 1 aliphatic rings. The Balaban J connectivity index is 2.27. The van der Waals surface area contributed by atoms with Crippen LogP contribution in [0.15, 0.2) is 78.3 Å². The first kappa shape index (κ1) is 60.1. The molecule has 0 saturated carbocycles. The minimum atomic E-state index is -8.79. The zero-order valence-electron chi connectivity index (χ0n) is 36.7. The van der Waals surface area contributed by atoms with Crippen LogP contribution in [-0.2, 0) is 28.3 Å². The molecular formula is C41H52F17NO6SSi. The Hall–Kier alpha value is -3.04. The highest BCUT2D eigenvalue weighted by Crippen LogP contribution is 2.64. The minimum Gasteiger partial charge on any atom is -0.390 e. The van der Waals surface area contributed by atoms with Crippen LogP contribution in [0.2, 0.25) is 11.1 Å². The van der Waals surface area contributed by atoms with Crippen LogP contribution >= 0.6 is 0 Å². The van der Waals surface area contributed by atoms with E-state index < -0.39 is 97.2 Å². The summed E-state index contributed by atoms with van der Waals surface area (Å²) in [6.45, 7) is 12.8. The van der Waals surface area contributed by atoms with Gasteiger partial charge >= 0.3 is 56.2 Å². The standard InChI is InChI=1S/C41H52F17NO6SSi/c1-8-22-63-31-12-11-13-32(17-16-31)65-67(27(2)3,28(4)5)64-24-10-9-23-62-26-30(7)25-59(66(60,61)33-18-14-29(6)15-19-33)21-20-34(42,43)35(44,45)36(46,47)37(48,49)38(50,51)39(52,53)40(54,55)41(56,57)58/h8-10,14-19,27-28,31-32H,1,7,11-13,20-26H2,2-6H3/b10-9-/t31-,32+/m0/s1. The Morgan fingerprint density at radius 2 is 1.21 bits per heavy atom. The van der Waals surface area contributed by atoms with Gasteiger partial charge in [-0.2, -0.15) is 78.9 Å². The SMILES string of the molecule is C=CCO[C@@H]1C=C[C@H](O[Si](OC/C=C\COCC(=C)CN(CCC(F)(F)C(F)(F)C(F)(F)C(F)(F)C(F)(F)C(F)(F)C(F)(F)C(F)(F)F)S(=O)(=O)c2ccc(C)cc2)(C(C)C)C(C)C)CCC1. The quantitative estimate of drug-likeness (QED) is 0.0378. The van der Waals surface area contributed by atoms with E-state index in [0.717, 1.165) is 43.5 Å². The van der Waals surface area contributed by atoms with Crippen LogP contribution in [0.4, 0.5) is 74.6 Å². The number of hydrogen-bond donors (Lipinski definition) is 0. The zero-order chi connectivity index (χ0) is 51.9. The van der Waals surface area contributed by atoms with Crippen molar-refractivity contribution in [1.29, 1.82) is 0 Å². The van der Waals surface area contributed by atoms with E-state index in [-0.39, 0.29) is 46.4 Å². The maximum absolute atomic E-state index is 14.9. The fraction of sp³-hybridized carbons (Fsp3) is 0.659. The number of aryl methyl sites for hydroxylation is 1. The molecule has 0 radical (unpaired) electrons. The molecule has 0 bridgehead atoms. The van der Waals surface area contributed by atoms with Gasteiger partial charge in [0.15, 0.2) is 0 Å². The lowest BCUT2D eigenvalue weighted by molar-refractivity contribution is -0.461. The lowest BCUT2D eigenvalue weighted by Gasteiger charge is -2.43. The van der Waals surface area contributed by atoms with Gasteiger partial charge in [-0.15, -0.1) is 6.58 Å². The van der Waals surface area contributed by atoms with Gasteiger partial charge in [0.25, 0.3) is 0 Å². The van der Waals surface area contributed by atoms with E-state index in [0.29, 0.717) is 12.2 Å². The van der Waals surface area contributed by atoms with E-state index in [2.05, 4.69) is 13.2 Å². The average Bonchev–Trinajstić information content (AvgIpc) is 3.44. The monoisotopic (exact) mass is 1040 g/mol. The van der Waals surface area contributed by atoms with Gasteiger partial charge in [-0.3, -0.25) is 0 Å². The lowest BCUT2D eigenvalue weighted by Crippen LogP contribution is -2.74. The van der Waals surface area contributed by atoms with E-state index in [9.17, 15) is 83.1 Å². The number of alkyl halides is 17. The van der Waals surface area contributed by atoms with Crippen LogP contribution < -0.4 is 0 Å². The number of ether oxygens (including phenoxy) is 2. The van der Waals surface area contributed by atoms with Crippen molar-refractivity contribution in [2.24, 2.45) is 0 Å². The summed E-state index contributed by atoms with van der Waals surface area (Å²) in [6, 6.07) is 4.06. The molecule has 0 aromatic heterocycles. The molecule has 26 heteroatoms. The first-order chi connectivity index (χ1) is 30.4. The third-order valence-corrected chi connectivity index (χ3v) is 16.9. The lowest BCUT2D eigenvalue weighted by atomic mass is 9.88. The maximum atomic E-state index is 14.9. The van der Waals surface area contributed by atoms with E-state index in [4.69, 9.17) is 18.3 Å². The molecule has 0 aliphatic heterocycles. The van der Waals surface area contributed by atoms with E-state index in [1.54, 1.807) is 12.2 Å². The van der Waals surface area contributed by atoms with Gasteiger partial charge in [-0.05, 0) is 55.0 Å². The van der Waals surface area contributed by atoms with Gasteiger partial charge < -0.3 is 18.3 Å². The summed E-state index contributed by atoms with van der Waals surface area (Å²) in [7, 11) is -8.09. The first-order valence-corrected chi connectivity index (χ1v) is 23.7. The van der Waals surface area contributed by atoms with Gasteiger partial charge in [0.1, 0.15) is 0 Å². The van der Waals surface area contributed by atoms with Crippen molar-refractivity contribution in [1.82, 2.24) is 4.31 Å². The van der Waals surface area contributed by atoms with Crippen molar-refractivity contribution >= 4 is 18.6 Å². The van der Waals surface area contributed by atoms with Crippen LogP contribution in [0, 0.1) is 6.92 Å². The number of hydrogen-bond acceptors (Lipinski definition) is 6. The van der Waals surface area contributed by atoms with E-state index in [1.165, 1.54) is 13.0 Å². The highest BCUT2D eigenvalue weighted by Gasteiger charge is 2.95. The highest BCUT2D eigenvalue weighted by molar-refractivity contribution is 7.89. The Morgan fingerprint density at radius 1 is 0.731 bits per heavy atom. The summed E-state index contributed by atoms with van der Waals surface area (Å²) in [5, 5.41) is 0. The van der Waals surface area contributed by atoms with Crippen LogP contribution in [0.25, 0.3) is 0 Å². The van der Waals surface area contributed by atoms with Crippen LogP contribution in [-0.4, -0.2) is 121 Å². The van der Waals surface area contributed by atoms with Crippen molar-refractivity contribution < 1.29 is 101 Å². The number of sulfonamides is 1. The topological polar surface area (TPSA) is 74.3 Å². The molecule has 1 aliphatic carbocycles. The second-order valence-electron chi connectivity index (χ2n) is 16.3. The molecule has 2 atom stereocenters. The molecule has 1 aromatic rings. The molecule has 0 fully saturated rings. The number of halogens is 17. The molecule has 0 amide bonds. The van der Waals surface area contributed by atoms with E-state index >= 15 is 0 Å². The zero-order valence-corrected chi connectivity index (χ0v) is 38.5. The second kappa shape index (κ2) is 22.4. The summed E-state index contributed by atoms with van der Waals surface area (Å²) in [5.74, 6) is -57.8. The summed E-state index contributed by atoms with van der Waals surface area (Å²) >= 11 is 0. The smallest absolute Gasteiger partial charge is 0.390 e. The second-order valence-corrected chi connectivity index (χ2v) is 22.5.